The number of carbonyl (C=O) groups is 2. The van der Waals surface area contributed by atoms with Crippen LogP contribution >= 0.6 is 0 Å². The highest BCUT2D eigenvalue weighted by Crippen LogP contribution is 2.30. The van der Waals surface area contributed by atoms with E-state index < -0.39 is 11.5 Å². The lowest BCUT2D eigenvalue weighted by Crippen LogP contribution is -2.65. The van der Waals surface area contributed by atoms with Crippen molar-refractivity contribution in [2.24, 2.45) is 5.73 Å². The van der Waals surface area contributed by atoms with Gasteiger partial charge in [-0.15, -0.1) is 0 Å². The standard InChI is InChI=1S/C9H16N2O4/c1-14-5-7(12)11-6-3-9(10,4-6)8(13)15-2/h6H,3-5,10H2,1-2H3,(H,11,12). The van der Waals surface area contributed by atoms with E-state index in [0.717, 1.165) is 0 Å². The van der Waals surface area contributed by atoms with Gasteiger partial charge in [0.25, 0.3) is 0 Å². The van der Waals surface area contributed by atoms with E-state index in [-0.39, 0.29) is 18.6 Å². The molecule has 86 valence electrons. The molecule has 0 aromatic rings. The third-order valence-electron chi connectivity index (χ3n) is 2.45. The van der Waals surface area contributed by atoms with Gasteiger partial charge in [0, 0.05) is 13.2 Å². The van der Waals surface area contributed by atoms with Crippen molar-refractivity contribution in [1.29, 1.82) is 0 Å². The Bertz CT molecular complexity index is 261. The molecule has 15 heavy (non-hydrogen) atoms. The average Bonchev–Trinajstić information content (AvgIpc) is 2.14. The highest BCUT2D eigenvalue weighted by Gasteiger charge is 2.48. The molecule has 0 unspecified atom stereocenters. The maximum Gasteiger partial charge on any atom is 0.325 e. The number of hydrogen-bond acceptors (Lipinski definition) is 5. The van der Waals surface area contributed by atoms with Crippen LogP contribution in [-0.2, 0) is 19.1 Å². The highest BCUT2D eigenvalue weighted by atomic mass is 16.5. The van der Waals surface area contributed by atoms with Gasteiger partial charge in [0.1, 0.15) is 12.1 Å². The first-order valence-electron chi connectivity index (χ1n) is 4.67. The van der Waals surface area contributed by atoms with Gasteiger partial charge in [0.2, 0.25) is 5.91 Å². The van der Waals surface area contributed by atoms with Gasteiger partial charge < -0.3 is 20.5 Å². The molecule has 0 bridgehead atoms. The van der Waals surface area contributed by atoms with Crippen LogP contribution in [0.1, 0.15) is 12.8 Å². The van der Waals surface area contributed by atoms with E-state index in [1.165, 1.54) is 14.2 Å². The van der Waals surface area contributed by atoms with Crippen LogP contribution in [0.2, 0.25) is 0 Å². The van der Waals surface area contributed by atoms with E-state index >= 15 is 0 Å². The predicted molar refractivity (Wildman–Crippen MR) is 52.0 cm³/mol. The number of ether oxygens (including phenoxy) is 2. The van der Waals surface area contributed by atoms with Gasteiger partial charge in [-0.1, -0.05) is 0 Å². The van der Waals surface area contributed by atoms with Crippen molar-refractivity contribution in [1.82, 2.24) is 5.32 Å². The molecule has 0 radical (unpaired) electrons. The molecule has 0 spiro atoms. The zero-order valence-electron chi connectivity index (χ0n) is 8.91. The topological polar surface area (TPSA) is 90.6 Å². The Balaban J connectivity index is 2.31. The fourth-order valence-electron chi connectivity index (χ4n) is 1.69. The van der Waals surface area contributed by atoms with Gasteiger partial charge in [-0.25, -0.2) is 0 Å². The van der Waals surface area contributed by atoms with Crippen LogP contribution in [0.5, 0.6) is 0 Å². The van der Waals surface area contributed by atoms with E-state index in [1.807, 2.05) is 0 Å². The lowest BCUT2D eigenvalue weighted by atomic mass is 9.73. The minimum Gasteiger partial charge on any atom is -0.468 e. The summed E-state index contributed by atoms with van der Waals surface area (Å²) < 4.78 is 9.22. The zero-order chi connectivity index (χ0) is 11.5. The maximum absolute atomic E-state index is 11.2. The SMILES string of the molecule is COCC(=O)NC1CC(N)(C(=O)OC)C1. The number of rotatable bonds is 4. The first-order valence-corrected chi connectivity index (χ1v) is 4.67. The fraction of sp³-hybridized carbons (Fsp3) is 0.778. The van der Waals surface area contributed by atoms with E-state index in [0.29, 0.717) is 12.8 Å². The number of amides is 1. The summed E-state index contributed by atoms with van der Waals surface area (Å²) in [6, 6.07) is -0.0586. The van der Waals surface area contributed by atoms with Crippen molar-refractivity contribution in [3.63, 3.8) is 0 Å². The van der Waals surface area contributed by atoms with Gasteiger partial charge in [-0.05, 0) is 12.8 Å². The Morgan fingerprint density at radius 2 is 2.07 bits per heavy atom. The molecule has 1 fully saturated rings. The van der Waals surface area contributed by atoms with Crippen molar-refractivity contribution in [3.8, 4) is 0 Å². The largest absolute Gasteiger partial charge is 0.468 e. The zero-order valence-corrected chi connectivity index (χ0v) is 8.91. The number of nitrogens with two attached hydrogens (primary N) is 1. The molecule has 0 aliphatic heterocycles. The molecule has 0 heterocycles. The Morgan fingerprint density at radius 1 is 1.47 bits per heavy atom. The second kappa shape index (κ2) is 4.59. The van der Waals surface area contributed by atoms with Crippen LogP contribution in [0.15, 0.2) is 0 Å². The lowest BCUT2D eigenvalue weighted by Gasteiger charge is -2.42. The van der Waals surface area contributed by atoms with Crippen LogP contribution in [0.3, 0.4) is 0 Å². The molecular formula is C9H16N2O4. The Labute approximate surface area is 88.1 Å². The number of nitrogens with one attached hydrogen (secondary N) is 1. The van der Waals surface area contributed by atoms with E-state index in [9.17, 15) is 9.59 Å². The summed E-state index contributed by atoms with van der Waals surface area (Å²) in [6.45, 7) is 0.0201. The number of hydrogen-bond donors (Lipinski definition) is 2. The molecule has 6 nitrogen and oxygen atoms in total. The maximum atomic E-state index is 11.2. The van der Waals surface area contributed by atoms with Gasteiger partial charge in [0.05, 0.1) is 7.11 Å². The Kier molecular flexibility index (Phi) is 3.65. The third kappa shape index (κ3) is 2.66. The molecule has 1 rings (SSSR count). The van der Waals surface area contributed by atoms with Gasteiger partial charge in [-0.3, -0.25) is 9.59 Å². The van der Waals surface area contributed by atoms with Gasteiger partial charge in [-0.2, -0.15) is 0 Å². The van der Waals surface area contributed by atoms with Crippen molar-refractivity contribution >= 4 is 11.9 Å². The van der Waals surface area contributed by atoms with E-state index in [1.54, 1.807) is 0 Å². The number of methoxy groups -OCH3 is 2. The van der Waals surface area contributed by atoms with Crippen LogP contribution in [0, 0.1) is 0 Å². The molecule has 3 N–H and O–H groups in total. The normalized spacial score (nSPS) is 29.1. The van der Waals surface area contributed by atoms with Crippen LogP contribution < -0.4 is 11.1 Å². The summed E-state index contributed by atoms with van der Waals surface area (Å²) >= 11 is 0. The molecule has 0 saturated heterocycles. The fourth-order valence-corrected chi connectivity index (χ4v) is 1.69. The molecular weight excluding hydrogens is 200 g/mol. The second-order valence-corrected chi connectivity index (χ2v) is 3.75. The minimum absolute atomic E-state index is 0.0201. The molecule has 0 aromatic heterocycles. The molecule has 0 aromatic carbocycles. The van der Waals surface area contributed by atoms with Crippen LogP contribution in [0.25, 0.3) is 0 Å². The Morgan fingerprint density at radius 3 is 2.53 bits per heavy atom. The third-order valence-corrected chi connectivity index (χ3v) is 2.45. The van der Waals surface area contributed by atoms with E-state index in [2.05, 4.69) is 14.8 Å². The second-order valence-electron chi connectivity index (χ2n) is 3.75. The summed E-state index contributed by atoms with van der Waals surface area (Å²) in [5, 5.41) is 2.70. The Hall–Kier alpha value is -1.14. The van der Waals surface area contributed by atoms with Gasteiger partial charge in [0.15, 0.2) is 0 Å². The number of esters is 1. The summed E-state index contributed by atoms with van der Waals surface area (Å²) in [4.78, 5) is 22.3. The molecule has 1 aliphatic rings. The van der Waals surface area contributed by atoms with Crippen molar-refractivity contribution in [3.05, 3.63) is 0 Å². The van der Waals surface area contributed by atoms with Crippen LogP contribution in [0.4, 0.5) is 0 Å². The predicted octanol–water partition coefficient (Wildman–Crippen LogP) is -1.22. The van der Waals surface area contributed by atoms with Crippen molar-refractivity contribution < 1.29 is 19.1 Å². The smallest absolute Gasteiger partial charge is 0.325 e. The number of carbonyl (C=O) groups excluding carboxylic acids is 2. The first-order chi connectivity index (χ1) is 7.01. The molecule has 1 aliphatic carbocycles. The van der Waals surface area contributed by atoms with Crippen molar-refractivity contribution in [2.75, 3.05) is 20.8 Å². The summed E-state index contributed by atoms with van der Waals surface area (Å²) in [5.41, 5.74) is 4.81. The quantitative estimate of drug-likeness (QED) is 0.575. The highest BCUT2D eigenvalue weighted by molar-refractivity contribution is 5.83. The molecule has 1 saturated carbocycles. The minimum atomic E-state index is -0.931. The molecule has 1 amide bonds. The first kappa shape index (κ1) is 11.9. The monoisotopic (exact) mass is 216 g/mol. The lowest BCUT2D eigenvalue weighted by molar-refractivity contribution is -0.152. The summed E-state index contributed by atoms with van der Waals surface area (Å²) in [6.07, 6.45) is 0.824. The van der Waals surface area contributed by atoms with Crippen molar-refractivity contribution in [2.45, 2.75) is 24.4 Å². The molecule has 6 heteroatoms. The average molecular weight is 216 g/mol. The molecule has 0 atom stereocenters. The van der Waals surface area contributed by atoms with Crippen LogP contribution in [-0.4, -0.2) is 44.3 Å². The summed E-state index contributed by atoms with van der Waals surface area (Å²) in [5.74, 6) is -0.630. The van der Waals surface area contributed by atoms with Gasteiger partial charge >= 0.3 is 5.97 Å². The van der Waals surface area contributed by atoms with E-state index in [4.69, 9.17) is 5.73 Å². The summed E-state index contributed by atoms with van der Waals surface area (Å²) in [7, 11) is 2.75.